The van der Waals surface area contributed by atoms with Crippen LogP contribution in [0.25, 0.3) is 0 Å². The number of hydrogen-bond acceptors (Lipinski definition) is 4. The number of ketones is 2. The van der Waals surface area contributed by atoms with Gasteiger partial charge >= 0.3 is 0 Å². The minimum atomic E-state index is -0.0136. The van der Waals surface area contributed by atoms with Gasteiger partial charge < -0.3 is 9.47 Å². The average molecular weight is 459 g/mol. The fourth-order valence-electron chi connectivity index (χ4n) is 3.01. The summed E-state index contributed by atoms with van der Waals surface area (Å²) in [5, 5.41) is 0.639. The maximum atomic E-state index is 12.2. The fourth-order valence-corrected chi connectivity index (χ4v) is 3.13. The molecule has 4 aromatic rings. The van der Waals surface area contributed by atoms with E-state index >= 15 is 0 Å². The van der Waals surface area contributed by atoms with E-state index in [1.165, 1.54) is 0 Å². The molecular weight excluding hydrogens is 436 g/mol. The van der Waals surface area contributed by atoms with Gasteiger partial charge in [0.1, 0.15) is 11.5 Å². The quantitative estimate of drug-likeness (QED) is 0.309. The summed E-state index contributed by atoms with van der Waals surface area (Å²) in [6.45, 7) is 0. The summed E-state index contributed by atoms with van der Waals surface area (Å²) in [7, 11) is 3.20. The Morgan fingerprint density at radius 1 is 0.515 bits per heavy atom. The normalized spacial score (nSPS) is 9.91. The monoisotopic (exact) mass is 458 g/mol. The number of benzene rings is 4. The summed E-state index contributed by atoms with van der Waals surface area (Å²) in [5.74, 6) is 1.48. The molecule has 0 saturated heterocycles. The zero-order valence-corrected chi connectivity index (χ0v) is 19.1. The zero-order chi connectivity index (χ0) is 23.6. The van der Waals surface area contributed by atoms with Crippen molar-refractivity contribution >= 4 is 23.2 Å². The van der Waals surface area contributed by atoms with Gasteiger partial charge in [-0.2, -0.15) is 0 Å². The third kappa shape index (κ3) is 6.55. The predicted molar refractivity (Wildman–Crippen MR) is 131 cm³/mol. The molecule has 0 fully saturated rings. The van der Waals surface area contributed by atoms with E-state index in [1.807, 2.05) is 18.2 Å². The summed E-state index contributed by atoms with van der Waals surface area (Å²) < 4.78 is 10.1. The van der Waals surface area contributed by atoms with E-state index in [-0.39, 0.29) is 11.6 Å². The van der Waals surface area contributed by atoms with E-state index in [9.17, 15) is 9.59 Å². The Kier molecular flexibility index (Phi) is 8.39. The zero-order valence-electron chi connectivity index (χ0n) is 18.3. The summed E-state index contributed by atoms with van der Waals surface area (Å²) in [4.78, 5) is 24.1. The Morgan fingerprint density at radius 2 is 0.848 bits per heavy atom. The minimum absolute atomic E-state index is 0.0136. The molecule has 0 N–H and O–H groups in total. The van der Waals surface area contributed by atoms with Crippen LogP contribution in [-0.4, -0.2) is 25.8 Å². The molecule has 5 heteroatoms. The second-order valence-corrected chi connectivity index (χ2v) is 7.42. The molecule has 0 aliphatic rings. The molecule has 0 heterocycles. The first-order valence-electron chi connectivity index (χ1n) is 10.2. The Balaban J connectivity index is 0.000000189. The highest BCUT2D eigenvalue weighted by molar-refractivity contribution is 6.30. The first-order valence-corrected chi connectivity index (χ1v) is 10.6. The summed E-state index contributed by atoms with van der Waals surface area (Å²) in [6, 6.07) is 30.2. The molecule has 0 radical (unpaired) electrons. The van der Waals surface area contributed by atoms with Crippen LogP contribution in [0.4, 0.5) is 0 Å². The number of carbonyl (C=O) groups excluding carboxylic acids is 2. The average Bonchev–Trinajstić information content (AvgIpc) is 2.89. The van der Waals surface area contributed by atoms with Crippen LogP contribution >= 0.6 is 11.6 Å². The molecule has 0 bridgehead atoms. The largest absolute Gasteiger partial charge is 0.497 e. The van der Waals surface area contributed by atoms with E-state index in [1.54, 1.807) is 99.1 Å². The van der Waals surface area contributed by atoms with Crippen molar-refractivity contribution in [2.75, 3.05) is 14.2 Å². The molecule has 33 heavy (non-hydrogen) atoms. The molecule has 0 aliphatic heterocycles. The maximum absolute atomic E-state index is 12.2. The molecule has 4 aromatic carbocycles. The van der Waals surface area contributed by atoms with E-state index in [2.05, 4.69) is 0 Å². The SMILES string of the molecule is COc1ccc(C(=O)c2ccc(OC)cc2)cc1.O=C(c1ccccc1)c1ccc(Cl)cc1. The number of hydrogen-bond donors (Lipinski definition) is 0. The first kappa shape index (κ1) is 23.8. The van der Waals surface area contributed by atoms with Crippen molar-refractivity contribution in [3.05, 3.63) is 130 Å². The molecule has 4 rings (SSSR count). The number of carbonyl (C=O) groups is 2. The Hall–Kier alpha value is -3.89. The standard InChI is InChI=1S/C15H14O3.C13H9ClO/c1-17-13-7-3-11(4-8-13)15(16)12-5-9-14(18-2)10-6-12;14-12-8-6-11(7-9-12)13(15)10-4-2-1-3-5-10/h3-10H,1-2H3;1-9H. The van der Waals surface area contributed by atoms with E-state index in [0.29, 0.717) is 27.3 Å². The molecule has 0 aromatic heterocycles. The van der Waals surface area contributed by atoms with Gasteiger partial charge in [-0.05, 0) is 72.8 Å². The van der Waals surface area contributed by atoms with Crippen LogP contribution in [0.1, 0.15) is 31.8 Å². The van der Waals surface area contributed by atoms with E-state index in [0.717, 1.165) is 11.5 Å². The van der Waals surface area contributed by atoms with Gasteiger partial charge in [-0.1, -0.05) is 41.9 Å². The number of ether oxygens (including phenoxy) is 2. The van der Waals surface area contributed by atoms with Gasteiger partial charge in [0.2, 0.25) is 0 Å². The van der Waals surface area contributed by atoms with Crippen LogP contribution in [0.5, 0.6) is 11.5 Å². The van der Waals surface area contributed by atoms with Crippen molar-refractivity contribution < 1.29 is 19.1 Å². The number of methoxy groups -OCH3 is 2. The number of halogens is 1. The van der Waals surface area contributed by atoms with E-state index < -0.39 is 0 Å². The summed E-state index contributed by atoms with van der Waals surface area (Å²) in [5.41, 5.74) is 2.63. The van der Waals surface area contributed by atoms with Gasteiger partial charge in [-0.3, -0.25) is 9.59 Å². The van der Waals surface area contributed by atoms with Crippen LogP contribution < -0.4 is 9.47 Å². The fraction of sp³-hybridized carbons (Fsp3) is 0.0714. The van der Waals surface area contributed by atoms with Gasteiger partial charge in [0.25, 0.3) is 0 Å². The lowest BCUT2D eigenvalue weighted by molar-refractivity contribution is 0.103. The van der Waals surface area contributed by atoms with Gasteiger partial charge in [0.15, 0.2) is 11.6 Å². The van der Waals surface area contributed by atoms with Crippen molar-refractivity contribution in [2.45, 2.75) is 0 Å². The highest BCUT2D eigenvalue weighted by Crippen LogP contribution is 2.17. The minimum Gasteiger partial charge on any atom is -0.497 e. The highest BCUT2D eigenvalue weighted by Gasteiger charge is 2.09. The lowest BCUT2D eigenvalue weighted by Gasteiger charge is -2.04. The lowest BCUT2D eigenvalue weighted by atomic mass is 10.0. The molecule has 0 saturated carbocycles. The summed E-state index contributed by atoms with van der Waals surface area (Å²) >= 11 is 5.75. The van der Waals surface area contributed by atoms with Gasteiger partial charge in [0.05, 0.1) is 14.2 Å². The molecule has 166 valence electrons. The maximum Gasteiger partial charge on any atom is 0.193 e. The molecular formula is C28H23ClO4. The first-order chi connectivity index (χ1) is 16.0. The molecule has 0 unspecified atom stereocenters. The van der Waals surface area contributed by atoms with Crippen LogP contribution in [0, 0.1) is 0 Å². The Morgan fingerprint density at radius 3 is 1.21 bits per heavy atom. The second kappa shape index (κ2) is 11.7. The third-order valence-corrected chi connectivity index (χ3v) is 5.10. The molecule has 0 spiro atoms. The summed E-state index contributed by atoms with van der Waals surface area (Å²) in [6.07, 6.45) is 0. The van der Waals surface area contributed by atoms with Crippen LogP contribution in [-0.2, 0) is 0 Å². The second-order valence-electron chi connectivity index (χ2n) is 6.99. The molecule has 0 aliphatic carbocycles. The molecule has 0 amide bonds. The highest BCUT2D eigenvalue weighted by atomic mass is 35.5. The predicted octanol–water partition coefficient (Wildman–Crippen LogP) is 6.51. The van der Waals surface area contributed by atoms with Crippen LogP contribution in [0.3, 0.4) is 0 Å². The van der Waals surface area contributed by atoms with E-state index in [4.69, 9.17) is 21.1 Å². The van der Waals surface area contributed by atoms with Crippen molar-refractivity contribution in [1.29, 1.82) is 0 Å². The topological polar surface area (TPSA) is 52.6 Å². The van der Waals surface area contributed by atoms with Crippen molar-refractivity contribution in [3.63, 3.8) is 0 Å². The molecule has 4 nitrogen and oxygen atoms in total. The van der Waals surface area contributed by atoms with Crippen molar-refractivity contribution in [3.8, 4) is 11.5 Å². The Labute approximate surface area is 198 Å². The van der Waals surface area contributed by atoms with Gasteiger partial charge in [-0.25, -0.2) is 0 Å². The smallest absolute Gasteiger partial charge is 0.193 e. The van der Waals surface area contributed by atoms with Crippen LogP contribution in [0.15, 0.2) is 103 Å². The van der Waals surface area contributed by atoms with Crippen molar-refractivity contribution in [1.82, 2.24) is 0 Å². The van der Waals surface area contributed by atoms with Crippen molar-refractivity contribution in [2.24, 2.45) is 0 Å². The lowest BCUT2D eigenvalue weighted by Crippen LogP contribution is -2.01. The number of rotatable bonds is 6. The Bertz CT molecular complexity index is 1130. The molecule has 0 atom stereocenters. The van der Waals surface area contributed by atoms with Crippen LogP contribution in [0.2, 0.25) is 5.02 Å². The van der Waals surface area contributed by atoms with Gasteiger partial charge in [0, 0.05) is 27.3 Å². The third-order valence-electron chi connectivity index (χ3n) is 4.85. The van der Waals surface area contributed by atoms with Gasteiger partial charge in [-0.15, -0.1) is 0 Å².